The molecule has 1 aromatic heterocycles. The van der Waals surface area contributed by atoms with Crippen molar-refractivity contribution in [2.45, 2.75) is 31.8 Å². The number of carbonyl (C=O) groups excluding carboxylic acids is 1. The van der Waals surface area contributed by atoms with E-state index in [-0.39, 0.29) is 5.91 Å². The molecule has 1 amide bonds. The van der Waals surface area contributed by atoms with E-state index < -0.39 is 0 Å². The van der Waals surface area contributed by atoms with Gasteiger partial charge in [-0.25, -0.2) is 4.98 Å². The lowest BCUT2D eigenvalue weighted by molar-refractivity contribution is 0.0951. The SMILES string of the molecule is O=C(NC1CC1)c1cccnc1N1CCc2ccccc2C1. The first kappa shape index (κ1) is 13.3. The number of anilines is 1. The Hall–Kier alpha value is -2.36. The number of pyridine rings is 1. The summed E-state index contributed by atoms with van der Waals surface area (Å²) in [4.78, 5) is 19.1. The molecule has 2 heterocycles. The molecule has 0 bridgehead atoms. The highest BCUT2D eigenvalue weighted by atomic mass is 16.1. The molecule has 1 aliphatic carbocycles. The van der Waals surface area contributed by atoms with Crippen LogP contribution < -0.4 is 10.2 Å². The normalized spacial score (nSPS) is 17.0. The van der Waals surface area contributed by atoms with Crippen molar-refractivity contribution in [3.05, 3.63) is 59.3 Å². The quantitative estimate of drug-likeness (QED) is 0.946. The number of benzene rings is 1. The van der Waals surface area contributed by atoms with E-state index in [0.29, 0.717) is 11.6 Å². The van der Waals surface area contributed by atoms with Gasteiger partial charge in [0.25, 0.3) is 5.91 Å². The molecule has 1 fully saturated rings. The van der Waals surface area contributed by atoms with Crippen LogP contribution in [0, 0.1) is 0 Å². The predicted molar refractivity (Wildman–Crippen MR) is 85.9 cm³/mol. The van der Waals surface area contributed by atoms with Gasteiger partial charge in [0.2, 0.25) is 0 Å². The Morgan fingerprint density at radius 3 is 2.77 bits per heavy atom. The molecule has 0 saturated heterocycles. The van der Waals surface area contributed by atoms with Gasteiger partial charge in [0, 0.05) is 25.3 Å². The molecule has 1 aromatic carbocycles. The van der Waals surface area contributed by atoms with Crippen LogP contribution in [0.25, 0.3) is 0 Å². The van der Waals surface area contributed by atoms with E-state index in [0.717, 1.165) is 38.2 Å². The number of rotatable bonds is 3. The number of aromatic nitrogens is 1. The molecule has 112 valence electrons. The highest BCUT2D eigenvalue weighted by molar-refractivity contribution is 5.99. The molecule has 22 heavy (non-hydrogen) atoms. The molecule has 1 aliphatic heterocycles. The predicted octanol–water partition coefficient (Wildman–Crippen LogP) is 2.54. The summed E-state index contributed by atoms with van der Waals surface area (Å²) in [5.41, 5.74) is 3.42. The first-order valence-corrected chi connectivity index (χ1v) is 7.89. The number of nitrogens with zero attached hydrogens (tertiary/aromatic N) is 2. The molecule has 1 saturated carbocycles. The topological polar surface area (TPSA) is 45.2 Å². The fourth-order valence-corrected chi connectivity index (χ4v) is 2.99. The molecule has 0 unspecified atom stereocenters. The van der Waals surface area contributed by atoms with E-state index in [1.807, 2.05) is 12.1 Å². The molecule has 0 atom stereocenters. The largest absolute Gasteiger partial charge is 0.351 e. The van der Waals surface area contributed by atoms with E-state index >= 15 is 0 Å². The number of amides is 1. The van der Waals surface area contributed by atoms with E-state index in [9.17, 15) is 4.79 Å². The Bertz CT molecular complexity index is 709. The van der Waals surface area contributed by atoms with Gasteiger partial charge in [-0.2, -0.15) is 0 Å². The molecule has 2 aliphatic rings. The van der Waals surface area contributed by atoms with Crippen molar-refractivity contribution in [3.63, 3.8) is 0 Å². The Kier molecular flexibility index (Phi) is 3.29. The van der Waals surface area contributed by atoms with Crippen molar-refractivity contribution >= 4 is 11.7 Å². The summed E-state index contributed by atoms with van der Waals surface area (Å²) in [6, 6.07) is 12.6. The summed E-state index contributed by atoms with van der Waals surface area (Å²) in [6.07, 6.45) is 4.96. The monoisotopic (exact) mass is 293 g/mol. The number of hydrogen-bond acceptors (Lipinski definition) is 3. The molecule has 0 spiro atoms. The van der Waals surface area contributed by atoms with E-state index in [1.54, 1.807) is 6.20 Å². The lowest BCUT2D eigenvalue weighted by atomic mass is 9.99. The second-order valence-corrected chi connectivity index (χ2v) is 6.06. The number of carbonyl (C=O) groups is 1. The smallest absolute Gasteiger partial charge is 0.255 e. The molecule has 0 radical (unpaired) electrons. The van der Waals surface area contributed by atoms with Crippen LogP contribution in [0.1, 0.15) is 34.3 Å². The molecular weight excluding hydrogens is 274 g/mol. The molecule has 4 rings (SSSR count). The molecule has 1 N–H and O–H groups in total. The zero-order chi connectivity index (χ0) is 14.9. The Labute approximate surface area is 130 Å². The summed E-state index contributed by atoms with van der Waals surface area (Å²) in [5.74, 6) is 0.805. The van der Waals surface area contributed by atoms with E-state index in [4.69, 9.17) is 0 Å². The maximum absolute atomic E-state index is 12.4. The highest BCUT2D eigenvalue weighted by Gasteiger charge is 2.27. The number of nitrogens with one attached hydrogen (secondary N) is 1. The van der Waals surface area contributed by atoms with Crippen molar-refractivity contribution in [2.24, 2.45) is 0 Å². The summed E-state index contributed by atoms with van der Waals surface area (Å²) >= 11 is 0. The third-order valence-electron chi connectivity index (χ3n) is 4.37. The number of hydrogen-bond donors (Lipinski definition) is 1. The van der Waals surface area contributed by atoms with Gasteiger partial charge in [-0.1, -0.05) is 24.3 Å². The van der Waals surface area contributed by atoms with Gasteiger partial charge >= 0.3 is 0 Å². The second kappa shape index (κ2) is 5.44. The standard InChI is InChI=1S/C18H19N3O/c22-18(20-15-7-8-15)16-6-3-10-19-17(16)21-11-9-13-4-1-2-5-14(13)12-21/h1-6,10,15H,7-9,11-12H2,(H,20,22). The van der Waals surface area contributed by atoms with E-state index in [2.05, 4.69) is 39.5 Å². The van der Waals surface area contributed by atoms with Crippen molar-refractivity contribution in [3.8, 4) is 0 Å². The summed E-state index contributed by atoms with van der Waals surface area (Å²) in [7, 11) is 0. The van der Waals surface area contributed by atoms with E-state index in [1.165, 1.54) is 11.1 Å². The molecule has 2 aromatic rings. The Morgan fingerprint density at radius 1 is 1.14 bits per heavy atom. The summed E-state index contributed by atoms with van der Waals surface area (Å²) in [5, 5.41) is 3.06. The molecule has 4 nitrogen and oxygen atoms in total. The van der Waals surface area contributed by atoms with Crippen LogP contribution in [0.15, 0.2) is 42.6 Å². The zero-order valence-electron chi connectivity index (χ0n) is 12.5. The van der Waals surface area contributed by atoms with Crippen LogP contribution in [0.3, 0.4) is 0 Å². The fourth-order valence-electron chi connectivity index (χ4n) is 2.99. The van der Waals surface area contributed by atoms with Crippen LogP contribution in [0.4, 0.5) is 5.82 Å². The molecular formula is C18H19N3O. The lowest BCUT2D eigenvalue weighted by Crippen LogP contribution is -2.34. The summed E-state index contributed by atoms with van der Waals surface area (Å²) in [6.45, 7) is 1.72. The van der Waals surface area contributed by atoms with Crippen molar-refractivity contribution in [1.82, 2.24) is 10.3 Å². The van der Waals surface area contributed by atoms with Crippen LogP contribution in [-0.4, -0.2) is 23.5 Å². The first-order valence-electron chi connectivity index (χ1n) is 7.89. The van der Waals surface area contributed by atoms with Gasteiger partial charge < -0.3 is 10.2 Å². The fraction of sp³-hybridized carbons (Fsp3) is 0.333. The van der Waals surface area contributed by atoms with Crippen LogP contribution >= 0.6 is 0 Å². The van der Waals surface area contributed by atoms with Gasteiger partial charge in [-0.05, 0) is 42.5 Å². The Morgan fingerprint density at radius 2 is 1.95 bits per heavy atom. The number of fused-ring (bicyclic) bond motifs is 1. The minimum atomic E-state index is 0.00413. The van der Waals surface area contributed by atoms with Gasteiger partial charge in [-0.3, -0.25) is 4.79 Å². The van der Waals surface area contributed by atoms with Crippen LogP contribution in [-0.2, 0) is 13.0 Å². The third kappa shape index (κ3) is 2.56. The van der Waals surface area contributed by atoms with Gasteiger partial charge in [0.1, 0.15) is 5.82 Å². The van der Waals surface area contributed by atoms with Gasteiger partial charge in [0.15, 0.2) is 0 Å². The van der Waals surface area contributed by atoms with Crippen molar-refractivity contribution in [1.29, 1.82) is 0 Å². The lowest BCUT2D eigenvalue weighted by Gasteiger charge is -2.30. The minimum Gasteiger partial charge on any atom is -0.351 e. The van der Waals surface area contributed by atoms with Crippen LogP contribution in [0.5, 0.6) is 0 Å². The van der Waals surface area contributed by atoms with Crippen molar-refractivity contribution in [2.75, 3.05) is 11.4 Å². The van der Waals surface area contributed by atoms with Gasteiger partial charge in [-0.15, -0.1) is 0 Å². The maximum atomic E-state index is 12.4. The van der Waals surface area contributed by atoms with Crippen LogP contribution in [0.2, 0.25) is 0 Å². The highest BCUT2D eigenvalue weighted by Crippen LogP contribution is 2.26. The second-order valence-electron chi connectivity index (χ2n) is 6.06. The average Bonchev–Trinajstić information content (AvgIpc) is 3.38. The zero-order valence-corrected chi connectivity index (χ0v) is 12.5. The molecule has 4 heteroatoms. The summed E-state index contributed by atoms with van der Waals surface area (Å²) < 4.78 is 0. The minimum absolute atomic E-state index is 0.00413. The van der Waals surface area contributed by atoms with Gasteiger partial charge in [0.05, 0.1) is 5.56 Å². The average molecular weight is 293 g/mol. The third-order valence-corrected chi connectivity index (χ3v) is 4.37. The van der Waals surface area contributed by atoms with Crippen molar-refractivity contribution < 1.29 is 4.79 Å². The maximum Gasteiger partial charge on any atom is 0.255 e. The first-order chi connectivity index (χ1) is 10.8. The Balaban J connectivity index is 1.61.